The Morgan fingerprint density at radius 3 is 2.58 bits per heavy atom. The molecule has 0 unspecified atom stereocenters. The van der Waals surface area contributed by atoms with Crippen molar-refractivity contribution in [1.29, 1.82) is 0 Å². The number of nitrogens with two attached hydrogens (primary N) is 1. The highest BCUT2D eigenvalue weighted by molar-refractivity contribution is 5.90. The van der Waals surface area contributed by atoms with Gasteiger partial charge in [0.2, 0.25) is 5.95 Å². The highest BCUT2D eigenvalue weighted by Gasteiger charge is 2.21. The highest BCUT2D eigenvalue weighted by atomic mass is 15.3. The number of aromatic nitrogens is 3. The van der Waals surface area contributed by atoms with E-state index in [0.717, 1.165) is 65.5 Å². The molecule has 0 saturated carbocycles. The van der Waals surface area contributed by atoms with E-state index in [2.05, 4.69) is 82.5 Å². The van der Waals surface area contributed by atoms with Crippen molar-refractivity contribution in [3.8, 4) is 22.4 Å². The third-order valence-electron chi connectivity index (χ3n) is 5.92. The van der Waals surface area contributed by atoms with Crippen LogP contribution in [-0.4, -0.2) is 40.6 Å². The molecule has 1 saturated heterocycles. The maximum atomic E-state index is 5.05. The van der Waals surface area contributed by atoms with Crippen LogP contribution in [0.25, 0.3) is 33.4 Å². The largest absolute Gasteiger partial charge is 0.354 e. The first kappa shape index (κ1) is 19.6. The predicted octanol–water partition coefficient (Wildman–Crippen LogP) is 1.87. The molecule has 1 aliphatic heterocycles. The maximum Gasteiger partial charge on any atom is 0.227 e. The summed E-state index contributed by atoms with van der Waals surface area (Å²) in [6.07, 6.45) is 1.91. The Bertz CT molecular complexity index is 1190. The van der Waals surface area contributed by atoms with Gasteiger partial charge < -0.3 is 16.0 Å². The summed E-state index contributed by atoms with van der Waals surface area (Å²) >= 11 is 0. The molecular weight excluding hydrogens is 384 g/mol. The van der Waals surface area contributed by atoms with Crippen molar-refractivity contribution in [2.24, 2.45) is 0 Å². The summed E-state index contributed by atoms with van der Waals surface area (Å²) in [5.41, 5.74) is 10.2. The van der Waals surface area contributed by atoms with E-state index in [1.807, 2.05) is 12.3 Å². The molecule has 0 aliphatic carbocycles. The Labute approximate surface area is 182 Å². The molecular formula is C25H28N6+2. The number of hydrogen-bond donors (Lipinski definition) is 2. The van der Waals surface area contributed by atoms with E-state index in [9.17, 15) is 0 Å². The molecule has 156 valence electrons. The van der Waals surface area contributed by atoms with Crippen LogP contribution >= 0.6 is 0 Å². The molecule has 1 atom stereocenters. The van der Waals surface area contributed by atoms with Crippen LogP contribution in [0, 0.1) is 0 Å². The summed E-state index contributed by atoms with van der Waals surface area (Å²) in [5, 5.41) is 3.33. The lowest BCUT2D eigenvalue weighted by Crippen LogP contribution is -2.94. The molecule has 0 spiro atoms. The average Bonchev–Trinajstić information content (AvgIpc) is 2.83. The van der Waals surface area contributed by atoms with Crippen molar-refractivity contribution >= 4 is 17.0 Å². The standard InChI is InChI=1S/C25H26N6/c1-17-16-31(12-11-27-17)25-28-15-21-13-22(19-5-3-2-4-6-19)23(29-24(21)30-25)20-9-7-18(14-26)8-10-20/h2-10,13,15,17,27H,11-12,14,16,26H2,1H3/p+2/t17-/m1/s1. The van der Waals surface area contributed by atoms with E-state index < -0.39 is 0 Å². The van der Waals surface area contributed by atoms with Crippen LogP contribution in [0.1, 0.15) is 12.5 Å². The van der Waals surface area contributed by atoms with Gasteiger partial charge in [-0.2, -0.15) is 4.98 Å². The summed E-state index contributed by atoms with van der Waals surface area (Å²) in [6.45, 7) is 5.99. The summed E-state index contributed by atoms with van der Waals surface area (Å²) in [7, 11) is 0. The van der Waals surface area contributed by atoms with Crippen LogP contribution < -0.4 is 16.0 Å². The third-order valence-corrected chi connectivity index (χ3v) is 5.92. The molecule has 0 bridgehead atoms. The van der Waals surface area contributed by atoms with Crippen LogP contribution in [0.5, 0.6) is 0 Å². The van der Waals surface area contributed by atoms with Crippen molar-refractivity contribution in [3.05, 3.63) is 72.4 Å². The lowest BCUT2D eigenvalue weighted by Gasteiger charge is -2.29. The molecule has 3 heterocycles. The van der Waals surface area contributed by atoms with Crippen molar-refractivity contribution in [2.75, 3.05) is 24.5 Å². The number of nitrogens with zero attached hydrogens (tertiary/aromatic N) is 4. The number of hydrogen-bond acceptors (Lipinski definition) is 4. The van der Waals surface area contributed by atoms with Gasteiger partial charge in [-0.3, -0.25) is 0 Å². The third kappa shape index (κ3) is 4.00. The van der Waals surface area contributed by atoms with Gasteiger partial charge in [-0.1, -0.05) is 54.6 Å². The van der Waals surface area contributed by atoms with E-state index in [1.54, 1.807) is 0 Å². The molecule has 5 rings (SSSR count). The van der Waals surface area contributed by atoms with Gasteiger partial charge in [-0.15, -0.1) is 0 Å². The fourth-order valence-electron chi connectivity index (χ4n) is 4.20. The first-order valence-corrected chi connectivity index (χ1v) is 10.9. The fourth-order valence-corrected chi connectivity index (χ4v) is 4.20. The van der Waals surface area contributed by atoms with Gasteiger partial charge in [-0.05, 0) is 18.6 Å². The topological polar surface area (TPSA) is 86.2 Å². The molecule has 5 N–H and O–H groups in total. The lowest BCUT2D eigenvalue weighted by atomic mass is 9.98. The van der Waals surface area contributed by atoms with Gasteiger partial charge in [-0.25, -0.2) is 9.97 Å². The summed E-state index contributed by atoms with van der Waals surface area (Å²) in [5.74, 6) is 0.769. The van der Waals surface area contributed by atoms with Crippen molar-refractivity contribution in [2.45, 2.75) is 19.5 Å². The molecule has 2 aromatic carbocycles. The van der Waals surface area contributed by atoms with Crippen LogP contribution in [0.4, 0.5) is 5.95 Å². The van der Waals surface area contributed by atoms with Gasteiger partial charge in [0.1, 0.15) is 6.04 Å². The summed E-state index contributed by atoms with van der Waals surface area (Å²) in [6, 6.07) is 21.6. The predicted molar refractivity (Wildman–Crippen MR) is 123 cm³/mol. The molecule has 6 nitrogen and oxygen atoms in total. The maximum absolute atomic E-state index is 5.05. The van der Waals surface area contributed by atoms with Crippen LogP contribution in [0.2, 0.25) is 0 Å². The van der Waals surface area contributed by atoms with Crippen LogP contribution in [0.15, 0.2) is 66.9 Å². The number of piperazine rings is 1. The lowest BCUT2D eigenvalue weighted by molar-refractivity contribution is -0.687. The molecule has 2 aromatic heterocycles. The zero-order valence-corrected chi connectivity index (χ0v) is 17.8. The van der Waals surface area contributed by atoms with E-state index in [0.29, 0.717) is 6.04 Å². The fraction of sp³-hybridized carbons (Fsp3) is 0.240. The second-order valence-corrected chi connectivity index (χ2v) is 8.23. The Morgan fingerprint density at radius 2 is 1.84 bits per heavy atom. The Kier molecular flexibility index (Phi) is 5.32. The minimum Gasteiger partial charge on any atom is -0.354 e. The zero-order chi connectivity index (χ0) is 21.2. The molecule has 31 heavy (non-hydrogen) atoms. The van der Waals surface area contributed by atoms with Crippen molar-refractivity contribution in [1.82, 2.24) is 15.0 Å². The zero-order valence-electron chi connectivity index (χ0n) is 17.8. The van der Waals surface area contributed by atoms with Crippen molar-refractivity contribution < 1.29 is 11.1 Å². The number of rotatable bonds is 4. The second-order valence-electron chi connectivity index (χ2n) is 8.23. The molecule has 1 fully saturated rings. The number of pyridine rings is 1. The van der Waals surface area contributed by atoms with Gasteiger partial charge >= 0.3 is 0 Å². The van der Waals surface area contributed by atoms with E-state index in [-0.39, 0.29) is 0 Å². The molecule has 1 aliphatic rings. The molecule has 6 heteroatoms. The van der Waals surface area contributed by atoms with Gasteiger partial charge in [0.25, 0.3) is 0 Å². The van der Waals surface area contributed by atoms with Crippen LogP contribution in [0.3, 0.4) is 0 Å². The SMILES string of the molecule is C[C@@H]1CN(c2ncc3cc(-c4ccccc4)c(-c4ccc(C[NH3+])cc4)nc3n2)CC[NH2+]1. The minimum atomic E-state index is 0.545. The number of quaternary nitrogens is 2. The normalized spacial score (nSPS) is 16.6. The summed E-state index contributed by atoms with van der Waals surface area (Å²) in [4.78, 5) is 16.9. The number of benzene rings is 2. The smallest absolute Gasteiger partial charge is 0.227 e. The molecule has 0 amide bonds. The Balaban J connectivity index is 1.65. The first-order chi connectivity index (χ1) is 15.2. The van der Waals surface area contributed by atoms with Crippen LogP contribution in [-0.2, 0) is 6.54 Å². The second kappa shape index (κ2) is 8.41. The van der Waals surface area contributed by atoms with E-state index in [1.165, 1.54) is 5.56 Å². The first-order valence-electron chi connectivity index (χ1n) is 10.9. The summed E-state index contributed by atoms with van der Waals surface area (Å²) < 4.78 is 0. The Hall–Kier alpha value is -3.35. The number of fused-ring (bicyclic) bond motifs is 1. The quantitative estimate of drug-likeness (QED) is 0.536. The average molecular weight is 413 g/mol. The van der Waals surface area contributed by atoms with Gasteiger partial charge in [0, 0.05) is 28.3 Å². The van der Waals surface area contributed by atoms with Gasteiger partial charge in [0.15, 0.2) is 5.65 Å². The van der Waals surface area contributed by atoms with Gasteiger partial charge in [0.05, 0.1) is 31.9 Å². The van der Waals surface area contributed by atoms with E-state index in [4.69, 9.17) is 9.97 Å². The number of anilines is 1. The minimum absolute atomic E-state index is 0.545. The molecule has 0 radical (unpaired) electrons. The van der Waals surface area contributed by atoms with Crippen molar-refractivity contribution in [3.63, 3.8) is 0 Å². The Morgan fingerprint density at radius 1 is 1.03 bits per heavy atom. The van der Waals surface area contributed by atoms with E-state index >= 15 is 0 Å². The molecule has 4 aromatic rings. The monoisotopic (exact) mass is 412 g/mol. The highest BCUT2D eigenvalue weighted by Crippen LogP contribution is 2.33.